The van der Waals surface area contributed by atoms with Crippen molar-refractivity contribution >= 4 is 11.0 Å². The van der Waals surface area contributed by atoms with Crippen molar-refractivity contribution < 1.29 is 5.11 Å². The van der Waals surface area contributed by atoms with Crippen molar-refractivity contribution in [1.29, 1.82) is 0 Å². The first-order valence-electron chi connectivity index (χ1n) is 9.84. The molecule has 2 N–H and O–H groups in total. The van der Waals surface area contributed by atoms with Gasteiger partial charge >= 0.3 is 0 Å². The maximum Gasteiger partial charge on any atom is 0.139 e. The van der Waals surface area contributed by atoms with Gasteiger partial charge in [-0.25, -0.2) is 4.98 Å². The first kappa shape index (κ1) is 18.2. The van der Waals surface area contributed by atoms with Gasteiger partial charge in [-0.2, -0.15) is 0 Å². The van der Waals surface area contributed by atoms with Crippen molar-refractivity contribution in [1.82, 2.24) is 14.9 Å². The van der Waals surface area contributed by atoms with E-state index >= 15 is 0 Å². The fraction of sp³-hybridized carbons (Fsp3) is 0.435. The number of aryl methyl sites for hydroxylation is 1. The molecule has 1 aromatic heterocycles. The number of aromatic nitrogens is 2. The molecule has 0 amide bonds. The maximum atomic E-state index is 10.7. The van der Waals surface area contributed by atoms with Gasteiger partial charge in [0.25, 0.3) is 0 Å². The number of hydrogen-bond donors (Lipinski definition) is 2. The molecule has 1 atom stereocenters. The summed E-state index contributed by atoms with van der Waals surface area (Å²) < 4.78 is 1.99. The van der Waals surface area contributed by atoms with E-state index in [4.69, 9.17) is 0 Å². The van der Waals surface area contributed by atoms with Crippen LogP contribution in [0.25, 0.3) is 11.0 Å². The second-order valence-corrected chi connectivity index (χ2v) is 8.55. The van der Waals surface area contributed by atoms with Gasteiger partial charge < -0.3 is 15.0 Å². The van der Waals surface area contributed by atoms with Crippen LogP contribution < -0.4 is 5.32 Å². The molecule has 27 heavy (non-hydrogen) atoms. The van der Waals surface area contributed by atoms with Crippen LogP contribution in [0, 0.1) is 5.92 Å². The normalized spacial score (nSPS) is 16.0. The van der Waals surface area contributed by atoms with E-state index in [1.807, 2.05) is 35.9 Å². The Labute approximate surface area is 161 Å². The number of benzene rings is 2. The Morgan fingerprint density at radius 3 is 2.41 bits per heavy atom. The van der Waals surface area contributed by atoms with E-state index in [0.717, 1.165) is 30.3 Å². The van der Waals surface area contributed by atoms with Crippen LogP contribution >= 0.6 is 0 Å². The lowest BCUT2D eigenvalue weighted by Gasteiger charge is -2.30. The van der Waals surface area contributed by atoms with E-state index in [1.165, 1.54) is 11.1 Å². The van der Waals surface area contributed by atoms with Crippen LogP contribution in [0.4, 0.5) is 0 Å². The minimum atomic E-state index is -0.623. The summed E-state index contributed by atoms with van der Waals surface area (Å²) >= 11 is 0. The molecule has 4 heteroatoms. The number of aliphatic hydroxyl groups is 1. The molecule has 3 aromatic rings. The molecule has 4 nitrogen and oxygen atoms in total. The minimum Gasteiger partial charge on any atom is -0.384 e. The standard InChI is InChI=1S/C23H29N3O/c1-23(2,14-16-12-17-8-4-5-9-18(17)13-16)24-15-21(27)22-25-19-10-6-7-11-20(19)26(22)3/h4-11,16,21,24,27H,12-15H2,1-3H3. The second kappa shape index (κ2) is 7.10. The van der Waals surface area contributed by atoms with Crippen LogP contribution in [0.2, 0.25) is 0 Å². The maximum absolute atomic E-state index is 10.7. The van der Waals surface area contributed by atoms with Gasteiger partial charge in [0.2, 0.25) is 0 Å². The Morgan fingerprint density at radius 2 is 1.74 bits per heavy atom. The molecule has 1 unspecified atom stereocenters. The highest BCUT2D eigenvalue weighted by atomic mass is 16.3. The second-order valence-electron chi connectivity index (χ2n) is 8.55. The molecule has 0 radical (unpaired) electrons. The predicted molar refractivity (Wildman–Crippen MR) is 110 cm³/mol. The van der Waals surface area contributed by atoms with Gasteiger partial charge in [-0.1, -0.05) is 36.4 Å². The third kappa shape index (κ3) is 3.78. The molecule has 4 rings (SSSR count). The molecular formula is C23H29N3O. The van der Waals surface area contributed by atoms with E-state index < -0.39 is 6.10 Å². The number of imidazole rings is 1. The van der Waals surface area contributed by atoms with Crippen LogP contribution in [0.15, 0.2) is 48.5 Å². The first-order chi connectivity index (χ1) is 12.9. The van der Waals surface area contributed by atoms with E-state index in [2.05, 4.69) is 48.4 Å². The summed E-state index contributed by atoms with van der Waals surface area (Å²) in [6.45, 7) is 4.97. The first-order valence-corrected chi connectivity index (χ1v) is 9.84. The lowest BCUT2D eigenvalue weighted by Crippen LogP contribution is -2.43. The van der Waals surface area contributed by atoms with Crippen LogP contribution in [-0.2, 0) is 19.9 Å². The number of para-hydroxylation sites is 2. The molecule has 1 heterocycles. The summed E-state index contributed by atoms with van der Waals surface area (Å²) in [5, 5.41) is 14.3. The lowest BCUT2D eigenvalue weighted by atomic mass is 9.88. The summed E-state index contributed by atoms with van der Waals surface area (Å²) in [7, 11) is 1.97. The molecule has 0 saturated heterocycles. The van der Waals surface area contributed by atoms with E-state index in [1.54, 1.807) is 0 Å². The van der Waals surface area contributed by atoms with Crippen LogP contribution in [0.5, 0.6) is 0 Å². The zero-order valence-corrected chi connectivity index (χ0v) is 16.4. The Bertz CT molecular complexity index is 919. The number of aliphatic hydroxyl groups excluding tert-OH is 1. The Morgan fingerprint density at radius 1 is 1.11 bits per heavy atom. The lowest BCUT2D eigenvalue weighted by molar-refractivity contribution is 0.144. The molecular weight excluding hydrogens is 334 g/mol. The van der Waals surface area contributed by atoms with Gasteiger partial charge in [0.1, 0.15) is 11.9 Å². The van der Waals surface area contributed by atoms with Gasteiger partial charge in [0.15, 0.2) is 0 Å². The summed E-state index contributed by atoms with van der Waals surface area (Å²) in [6.07, 6.45) is 2.79. The number of fused-ring (bicyclic) bond motifs is 2. The molecule has 0 spiro atoms. The number of β-amino-alcohol motifs (C(OH)–C–C–N with tert-alkyl or cyclic N) is 1. The molecule has 0 fully saturated rings. The molecule has 1 aliphatic rings. The topological polar surface area (TPSA) is 50.1 Å². The average molecular weight is 364 g/mol. The third-order valence-corrected chi connectivity index (χ3v) is 5.83. The Balaban J connectivity index is 1.38. The van der Waals surface area contributed by atoms with Crippen LogP contribution in [-0.4, -0.2) is 26.7 Å². The average Bonchev–Trinajstić information content (AvgIpc) is 3.20. The van der Waals surface area contributed by atoms with Crippen molar-refractivity contribution in [2.24, 2.45) is 13.0 Å². The Kier molecular flexibility index (Phi) is 4.79. The molecule has 0 saturated carbocycles. The highest BCUT2D eigenvalue weighted by Gasteiger charge is 2.29. The Hall–Kier alpha value is -2.17. The molecule has 0 bridgehead atoms. The van der Waals surface area contributed by atoms with Crippen molar-refractivity contribution in [2.75, 3.05) is 6.54 Å². The molecule has 1 aliphatic carbocycles. The van der Waals surface area contributed by atoms with E-state index in [0.29, 0.717) is 18.3 Å². The fourth-order valence-corrected chi connectivity index (χ4v) is 4.51. The van der Waals surface area contributed by atoms with Crippen molar-refractivity contribution in [3.05, 3.63) is 65.5 Å². The quantitative estimate of drug-likeness (QED) is 0.701. The number of rotatable bonds is 6. The molecule has 0 aliphatic heterocycles. The summed E-state index contributed by atoms with van der Waals surface area (Å²) in [5.41, 5.74) is 4.95. The van der Waals surface area contributed by atoms with Gasteiger partial charge in [-0.3, -0.25) is 0 Å². The zero-order chi connectivity index (χ0) is 19.0. The zero-order valence-electron chi connectivity index (χ0n) is 16.4. The highest BCUT2D eigenvalue weighted by Crippen LogP contribution is 2.32. The smallest absolute Gasteiger partial charge is 0.139 e. The monoisotopic (exact) mass is 363 g/mol. The van der Waals surface area contributed by atoms with E-state index in [9.17, 15) is 5.11 Å². The number of nitrogens with zero attached hydrogens (tertiary/aromatic N) is 2. The predicted octanol–water partition coefficient (Wildman–Crippen LogP) is 3.78. The van der Waals surface area contributed by atoms with Gasteiger partial charge in [0.05, 0.1) is 11.0 Å². The van der Waals surface area contributed by atoms with E-state index in [-0.39, 0.29) is 5.54 Å². The molecule has 2 aromatic carbocycles. The highest BCUT2D eigenvalue weighted by molar-refractivity contribution is 5.75. The molecule has 142 valence electrons. The van der Waals surface area contributed by atoms with Gasteiger partial charge in [0, 0.05) is 19.1 Å². The van der Waals surface area contributed by atoms with Crippen molar-refractivity contribution in [3.8, 4) is 0 Å². The van der Waals surface area contributed by atoms with Crippen molar-refractivity contribution in [3.63, 3.8) is 0 Å². The summed E-state index contributed by atoms with van der Waals surface area (Å²) in [5.74, 6) is 1.38. The number of nitrogens with one attached hydrogen (secondary N) is 1. The SMILES string of the molecule is Cn1c(C(O)CNC(C)(C)CC2Cc3ccccc3C2)nc2ccccc21. The van der Waals surface area contributed by atoms with Gasteiger partial charge in [-0.15, -0.1) is 0 Å². The summed E-state index contributed by atoms with van der Waals surface area (Å²) in [6, 6.07) is 16.8. The van der Waals surface area contributed by atoms with Crippen molar-refractivity contribution in [2.45, 2.75) is 44.8 Å². The fourth-order valence-electron chi connectivity index (χ4n) is 4.51. The minimum absolute atomic E-state index is 0.0295. The van der Waals surface area contributed by atoms with Gasteiger partial charge in [-0.05, 0) is 62.3 Å². The van der Waals surface area contributed by atoms with Crippen LogP contribution in [0.1, 0.15) is 43.3 Å². The largest absolute Gasteiger partial charge is 0.384 e. The summed E-state index contributed by atoms with van der Waals surface area (Å²) in [4.78, 5) is 4.62. The number of hydrogen-bond acceptors (Lipinski definition) is 3. The van der Waals surface area contributed by atoms with Crippen LogP contribution in [0.3, 0.4) is 0 Å². The third-order valence-electron chi connectivity index (χ3n) is 5.83.